The van der Waals surface area contributed by atoms with Crippen LogP contribution in [0.4, 0.5) is 5.69 Å². The van der Waals surface area contributed by atoms with Crippen molar-refractivity contribution >= 4 is 30.0 Å². The Kier molecular flexibility index (Phi) is 7.55. The largest absolute Gasteiger partial charge is 0.464 e. The third-order valence-corrected chi connectivity index (χ3v) is 3.22. The van der Waals surface area contributed by atoms with Gasteiger partial charge in [0, 0.05) is 6.20 Å². The summed E-state index contributed by atoms with van der Waals surface area (Å²) in [5.74, 6) is -0.626. The molecule has 0 spiro atoms. The fraction of sp³-hybridized carbons (Fsp3) is 0.643. The van der Waals surface area contributed by atoms with Crippen molar-refractivity contribution in [1.82, 2.24) is 9.78 Å². The van der Waals surface area contributed by atoms with E-state index in [2.05, 4.69) is 10.4 Å². The first kappa shape index (κ1) is 20.4. The molecule has 22 heavy (non-hydrogen) atoms. The van der Waals surface area contributed by atoms with Gasteiger partial charge in [-0.3, -0.25) is 9.48 Å². The standard InChI is InChI=1S/C14H24N4O3.ClH/c1-6-21-13(20)14(4,5)18-8-10(7-16-18)17-12(19)11(15)9(2)3;/h7-9,11H,6,15H2,1-5H3,(H,17,19);1H/t11-;/m0./s1. The summed E-state index contributed by atoms with van der Waals surface area (Å²) in [6.07, 6.45) is 3.06. The predicted molar refractivity (Wildman–Crippen MR) is 86.9 cm³/mol. The summed E-state index contributed by atoms with van der Waals surface area (Å²) in [4.78, 5) is 23.8. The van der Waals surface area contributed by atoms with E-state index in [4.69, 9.17) is 10.5 Å². The highest BCUT2D eigenvalue weighted by atomic mass is 35.5. The number of nitrogens with one attached hydrogen (secondary N) is 1. The molecule has 0 aromatic carbocycles. The highest BCUT2D eigenvalue weighted by Gasteiger charge is 2.32. The smallest absolute Gasteiger partial charge is 0.333 e. The zero-order chi connectivity index (χ0) is 16.2. The van der Waals surface area contributed by atoms with Gasteiger partial charge < -0.3 is 15.8 Å². The normalized spacial score (nSPS) is 12.5. The first-order valence-corrected chi connectivity index (χ1v) is 6.99. The van der Waals surface area contributed by atoms with E-state index in [0.29, 0.717) is 12.3 Å². The first-order valence-electron chi connectivity index (χ1n) is 6.99. The van der Waals surface area contributed by atoms with Crippen molar-refractivity contribution in [2.45, 2.75) is 46.2 Å². The van der Waals surface area contributed by atoms with Gasteiger partial charge in [-0.25, -0.2) is 4.79 Å². The number of carbonyl (C=O) groups excluding carboxylic acids is 2. The van der Waals surface area contributed by atoms with E-state index in [9.17, 15) is 9.59 Å². The summed E-state index contributed by atoms with van der Waals surface area (Å²) in [5.41, 5.74) is 5.32. The number of aromatic nitrogens is 2. The van der Waals surface area contributed by atoms with Crippen LogP contribution in [-0.4, -0.2) is 34.3 Å². The SMILES string of the molecule is CCOC(=O)C(C)(C)n1cc(NC(=O)[C@@H](N)C(C)C)cn1.Cl. The number of carbonyl (C=O) groups is 2. The molecule has 0 saturated heterocycles. The van der Waals surface area contributed by atoms with E-state index >= 15 is 0 Å². The van der Waals surface area contributed by atoms with Crippen LogP contribution in [0.15, 0.2) is 12.4 Å². The molecule has 3 N–H and O–H groups in total. The lowest BCUT2D eigenvalue weighted by atomic mass is 10.1. The molecule has 0 fully saturated rings. The number of anilines is 1. The van der Waals surface area contributed by atoms with Crippen molar-refractivity contribution in [3.8, 4) is 0 Å². The number of hydrogen-bond donors (Lipinski definition) is 2. The molecule has 0 aliphatic carbocycles. The minimum absolute atomic E-state index is 0. The second kappa shape index (κ2) is 8.14. The lowest BCUT2D eigenvalue weighted by molar-refractivity contribution is -0.152. The molecule has 0 bridgehead atoms. The molecule has 126 valence electrons. The Hall–Kier alpha value is -1.60. The maximum absolute atomic E-state index is 11.9. The average Bonchev–Trinajstić information content (AvgIpc) is 2.86. The molecule has 7 nitrogen and oxygen atoms in total. The van der Waals surface area contributed by atoms with Crippen molar-refractivity contribution in [3.05, 3.63) is 12.4 Å². The zero-order valence-corrected chi connectivity index (χ0v) is 14.4. The van der Waals surface area contributed by atoms with E-state index < -0.39 is 11.6 Å². The van der Waals surface area contributed by atoms with Crippen LogP contribution in [0.3, 0.4) is 0 Å². The molecular formula is C14H25ClN4O3. The summed E-state index contributed by atoms with van der Waals surface area (Å²) in [6.45, 7) is 9.19. The number of rotatable bonds is 6. The molecule has 1 heterocycles. The summed E-state index contributed by atoms with van der Waals surface area (Å²) < 4.78 is 6.47. The van der Waals surface area contributed by atoms with Gasteiger partial charge in [0.1, 0.15) is 0 Å². The molecule has 1 aromatic rings. The van der Waals surface area contributed by atoms with Crippen LogP contribution in [0.5, 0.6) is 0 Å². The van der Waals surface area contributed by atoms with Crippen molar-refractivity contribution in [3.63, 3.8) is 0 Å². The summed E-state index contributed by atoms with van der Waals surface area (Å²) >= 11 is 0. The number of nitrogens with two attached hydrogens (primary N) is 1. The lowest BCUT2D eigenvalue weighted by Crippen LogP contribution is -2.40. The third kappa shape index (κ3) is 4.71. The molecule has 0 saturated carbocycles. The molecule has 1 amide bonds. The Bertz CT molecular complexity index is 514. The van der Waals surface area contributed by atoms with Crippen molar-refractivity contribution in [2.75, 3.05) is 11.9 Å². The first-order chi connectivity index (χ1) is 9.70. The maximum atomic E-state index is 11.9. The Balaban J connectivity index is 0.00000441. The number of amides is 1. The molecule has 1 rings (SSSR count). The summed E-state index contributed by atoms with van der Waals surface area (Å²) in [7, 11) is 0. The fourth-order valence-electron chi connectivity index (χ4n) is 1.62. The number of esters is 1. The van der Waals surface area contributed by atoms with Crippen molar-refractivity contribution < 1.29 is 14.3 Å². The molecule has 1 aromatic heterocycles. The summed E-state index contributed by atoms with van der Waals surface area (Å²) in [6, 6.07) is -0.591. The molecule has 1 atom stereocenters. The van der Waals surface area contributed by atoms with Crippen LogP contribution in [0.25, 0.3) is 0 Å². The molecule has 0 aliphatic rings. The minimum atomic E-state index is -0.945. The minimum Gasteiger partial charge on any atom is -0.464 e. The van der Waals surface area contributed by atoms with Crippen molar-refractivity contribution in [1.29, 1.82) is 0 Å². The summed E-state index contributed by atoms with van der Waals surface area (Å²) in [5, 5.41) is 6.80. The molecule has 0 aliphatic heterocycles. The number of ether oxygens (including phenoxy) is 1. The van der Waals surface area contributed by atoms with Gasteiger partial charge >= 0.3 is 5.97 Å². The van der Waals surface area contributed by atoms with Gasteiger partial charge in [-0.15, -0.1) is 12.4 Å². The molecule has 0 unspecified atom stereocenters. The quantitative estimate of drug-likeness (QED) is 0.769. The average molecular weight is 333 g/mol. The van der Waals surface area contributed by atoms with Crippen LogP contribution in [-0.2, 0) is 19.9 Å². The molecule has 8 heteroatoms. The van der Waals surface area contributed by atoms with E-state index in [-0.39, 0.29) is 30.2 Å². The highest BCUT2D eigenvalue weighted by molar-refractivity contribution is 5.94. The fourth-order valence-corrected chi connectivity index (χ4v) is 1.62. The van der Waals surface area contributed by atoms with Crippen LogP contribution >= 0.6 is 12.4 Å². The Labute approximate surface area is 137 Å². The lowest BCUT2D eigenvalue weighted by Gasteiger charge is -2.22. The second-order valence-corrected chi connectivity index (χ2v) is 5.71. The van der Waals surface area contributed by atoms with Crippen LogP contribution in [0, 0.1) is 5.92 Å². The highest BCUT2D eigenvalue weighted by Crippen LogP contribution is 2.19. The van der Waals surface area contributed by atoms with Gasteiger partial charge in [0.25, 0.3) is 0 Å². The van der Waals surface area contributed by atoms with E-state index in [1.165, 1.54) is 10.9 Å². The van der Waals surface area contributed by atoms with Gasteiger partial charge in [0.2, 0.25) is 5.91 Å². The third-order valence-electron chi connectivity index (χ3n) is 3.22. The van der Waals surface area contributed by atoms with E-state index in [0.717, 1.165) is 0 Å². The van der Waals surface area contributed by atoms with Gasteiger partial charge in [-0.1, -0.05) is 13.8 Å². The maximum Gasteiger partial charge on any atom is 0.333 e. The van der Waals surface area contributed by atoms with Crippen LogP contribution in [0.1, 0.15) is 34.6 Å². The number of halogens is 1. The predicted octanol–water partition coefficient (Wildman–Crippen LogP) is 1.52. The van der Waals surface area contributed by atoms with Gasteiger partial charge in [0.15, 0.2) is 5.54 Å². The topological polar surface area (TPSA) is 99.2 Å². The van der Waals surface area contributed by atoms with E-state index in [1.807, 2.05) is 13.8 Å². The number of nitrogens with zero attached hydrogens (tertiary/aromatic N) is 2. The van der Waals surface area contributed by atoms with E-state index in [1.54, 1.807) is 27.0 Å². The number of hydrogen-bond acceptors (Lipinski definition) is 5. The zero-order valence-electron chi connectivity index (χ0n) is 13.6. The second-order valence-electron chi connectivity index (χ2n) is 5.71. The van der Waals surface area contributed by atoms with Crippen LogP contribution < -0.4 is 11.1 Å². The Morgan fingerprint density at radius 1 is 1.45 bits per heavy atom. The Morgan fingerprint density at radius 3 is 2.55 bits per heavy atom. The Morgan fingerprint density at radius 2 is 2.05 bits per heavy atom. The van der Waals surface area contributed by atoms with Gasteiger partial charge in [0.05, 0.1) is 24.5 Å². The van der Waals surface area contributed by atoms with Crippen LogP contribution in [0.2, 0.25) is 0 Å². The van der Waals surface area contributed by atoms with Gasteiger partial charge in [-0.2, -0.15) is 5.10 Å². The molecule has 0 radical (unpaired) electrons. The van der Waals surface area contributed by atoms with Crippen molar-refractivity contribution in [2.24, 2.45) is 11.7 Å². The monoisotopic (exact) mass is 332 g/mol. The molecular weight excluding hydrogens is 308 g/mol. The van der Waals surface area contributed by atoms with Gasteiger partial charge in [-0.05, 0) is 26.7 Å².